The first-order valence-electron chi connectivity index (χ1n) is 7.23. The molecule has 0 bridgehead atoms. The number of hydrogen-bond acceptors (Lipinski definition) is 3. The van der Waals surface area contributed by atoms with E-state index in [9.17, 15) is 4.79 Å². The molecule has 1 saturated carbocycles. The molecule has 0 radical (unpaired) electrons. The maximum Gasteiger partial charge on any atom is 0.220 e. The molecule has 0 atom stereocenters. The summed E-state index contributed by atoms with van der Waals surface area (Å²) in [6.07, 6.45) is 3.58. The summed E-state index contributed by atoms with van der Waals surface area (Å²) in [5, 5.41) is 3.00. The third-order valence-corrected chi connectivity index (χ3v) is 4.03. The summed E-state index contributed by atoms with van der Waals surface area (Å²) < 4.78 is 7.93. The molecule has 3 rings (SSSR count). The molecule has 6 heteroatoms. The molecule has 112 valence electrons. The summed E-state index contributed by atoms with van der Waals surface area (Å²) >= 11 is 5.36. The Kier molecular flexibility index (Phi) is 3.96. The smallest absolute Gasteiger partial charge is 0.220 e. The van der Waals surface area contributed by atoms with Gasteiger partial charge in [0.05, 0.1) is 18.1 Å². The Morgan fingerprint density at radius 1 is 1.52 bits per heavy atom. The third-order valence-electron chi connectivity index (χ3n) is 3.71. The number of ether oxygens (including phenoxy) is 1. The van der Waals surface area contributed by atoms with Crippen LogP contribution in [-0.4, -0.2) is 28.6 Å². The Labute approximate surface area is 128 Å². The number of nitrogens with zero attached hydrogens (tertiary/aromatic N) is 1. The molecule has 1 aliphatic rings. The number of rotatable bonds is 6. The number of H-pyrrole nitrogens is 1. The molecule has 0 spiro atoms. The van der Waals surface area contributed by atoms with Gasteiger partial charge in [-0.05, 0) is 43.6 Å². The van der Waals surface area contributed by atoms with Crippen molar-refractivity contribution in [1.29, 1.82) is 0 Å². The minimum Gasteiger partial charge on any atom is -0.497 e. The zero-order chi connectivity index (χ0) is 14.8. The van der Waals surface area contributed by atoms with Gasteiger partial charge in [-0.3, -0.25) is 4.79 Å². The van der Waals surface area contributed by atoms with Crippen LogP contribution in [-0.2, 0) is 11.3 Å². The predicted molar refractivity (Wildman–Crippen MR) is 84.1 cm³/mol. The van der Waals surface area contributed by atoms with Crippen molar-refractivity contribution in [2.75, 3.05) is 7.11 Å². The van der Waals surface area contributed by atoms with Gasteiger partial charge in [0.2, 0.25) is 5.91 Å². The van der Waals surface area contributed by atoms with E-state index in [2.05, 4.69) is 10.3 Å². The van der Waals surface area contributed by atoms with Crippen LogP contribution in [0.4, 0.5) is 0 Å². The second-order valence-corrected chi connectivity index (χ2v) is 5.80. The van der Waals surface area contributed by atoms with Crippen LogP contribution >= 0.6 is 12.2 Å². The molecule has 0 saturated heterocycles. The van der Waals surface area contributed by atoms with Crippen molar-refractivity contribution in [3.63, 3.8) is 0 Å². The van der Waals surface area contributed by atoms with Crippen LogP contribution in [0.25, 0.3) is 11.0 Å². The maximum atomic E-state index is 11.7. The van der Waals surface area contributed by atoms with Crippen LogP contribution in [0, 0.1) is 4.77 Å². The summed E-state index contributed by atoms with van der Waals surface area (Å²) in [4.78, 5) is 14.9. The molecule has 1 fully saturated rings. The summed E-state index contributed by atoms with van der Waals surface area (Å²) in [6, 6.07) is 6.27. The van der Waals surface area contributed by atoms with Gasteiger partial charge in [-0.25, -0.2) is 0 Å². The molecule has 1 aromatic heterocycles. The van der Waals surface area contributed by atoms with Crippen molar-refractivity contribution in [3.8, 4) is 5.75 Å². The topological polar surface area (TPSA) is 59.0 Å². The van der Waals surface area contributed by atoms with Crippen molar-refractivity contribution in [3.05, 3.63) is 23.0 Å². The lowest BCUT2D eigenvalue weighted by Gasteiger charge is -2.06. The van der Waals surface area contributed by atoms with E-state index in [1.54, 1.807) is 7.11 Å². The number of aromatic nitrogens is 2. The summed E-state index contributed by atoms with van der Waals surface area (Å²) in [5.74, 6) is 0.945. The Hall–Kier alpha value is -1.82. The lowest BCUT2D eigenvalue weighted by molar-refractivity contribution is -0.121. The number of hydrogen-bond donors (Lipinski definition) is 2. The quantitative estimate of drug-likeness (QED) is 0.807. The highest BCUT2D eigenvalue weighted by Gasteiger charge is 2.22. The zero-order valence-corrected chi connectivity index (χ0v) is 12.8. The van der Waals surface area contributed by atoms with Gasteiger partial charge < -0.3 is 19.6 Å². The normalized spacial score (nSPS) is 14.3. The largest absolute Gasteiger partial charge is 0.497 e. The highest BCUT2D eigenvalue weighted by Crippen LogP contribution is 2.21. The highest BCUT2D eigenvalue weighted by atomic mass is 32.1. The molecule has 21 heavy (non-hydrogen) atoms. The Bertz CT molecular complexity index is 715. The zero-order valence-electron chi connectivity index (χ0n) is 12.0. The van der Waals surface area contributed by atoms with E-state index >= 15 is 0 Å². The number of carbonyl (C=O) groups is 1. The van der Waals surface area contributed by atoms with E-state index in [0.29, 0.717) is 17.2 Å². The molecule has 5 nitrogen and oxygen atoms in total. The molecule has 0 unspecified atom stereocenters. The van der Waals surface area contributed by atoms with Crippen LogP contribution in [0.15, 0.2) is 18.2 Å². The highest BCUT2D eigenvalue weighted by molar-refractivity contribution is 7.71. The minimum atomic E-state index is 0.144. The Balaban J connectivity index is 1.67. The number of methoxy groups -OCH3 is 1. The predicted octanol–water partition coefficient (Wildman–Crippen LogP) is 2.77. The van der Waals surface area contributed by atoms with E-state index in [-0.39, 0.29) is 5.91 Å². The number of fused-ring (bicyclic) bond motifs is 1. The molecular weight excluding hydrogens is 286 g/mol. The fourth-order valence-electron chi connectivity index (χ4n) is 2.42. The summed E-state index contributed by atoms with van der Waals surface area (Å²) in [6.45, 7) is 0.739. The average molecular weight is 305 g/mol. The van der Waals surface area contributed by atoms with E-state index in [4.69, 9.17) is 17.0 Å². The van der Waals surface area contributed by atoms with Crippen molar-refractivity contribution in [2.45, 2.75) is 38.3 Å². The first kappa shape index (κ1) is 14.1. The van der Waals surface area contributed by atoms with Crippen LogP contribution < -0.4 is 10.1 Å². The summed E-state index contributed by atoms with van der Waals surface area (Å²) in [5.41, 5.74) is 2.00. The molecule has 1 amide bonds. The van der Waals surface area contributed by atoms with Crippen LogP contribution in [0.2, 0.25) is 0 Å². The molecular formula is C15H19N3O2S. The number of amides is 1. The van der Waals surface area contributed by atoms with Gasteiger partial charge in [0.1, 0.15) is 5.75 Å². The molecule has 1 aliphatic carbocycles. The van der Waals surface area contributed by atoms with E-state index in [1.807, 2.05) is 22.8 Å². The van der Waals surface area contributed by atoms with Gasteiger partial charge in [0.15, 0.2) is 4.77 Å². The second-order valence-electron chi connectivity index (χ2n) is 5.41. The minimum absolute atomic E-state index is 0.144. The van der Waals surface area contributed by atoms with Gasteiger partial charge in [-0.15, -0.1) is 0 Å². The number of imidazole rings is 1. The standard InChI is InChI=1S/C15H19N3O2S/c1-20-11-6-7-13-12(9-11)17-15(21)18(13)8-2-3-14(19)16-10-4-5-10/h6-7,9-10H,2-5,8H2,1H3,(H,16,19)(H,17,21). The van der Waals surface area contributed by atoms with Gasteiger partial charge in [-0.2, -0.15) is 0 Å². The van der Waals surface area contributed by atoms with Gasteiger partial charge in [-0.1, -0.05) is 0 Å². The number of aromatic amines is 1. The van der Waals surface area contributed by atoms with Crippen molar-refractivity contribution >= 4 is 29.2 Å². The Morgan fingerprint density at radius 3 is 3.05 bits per heavy atom. The van der Waals surface area contributed by atoms with Crippen molar-refractivity contribution in [2.24, 2.45) is 0 Å². The number of benzene rings is 1. The van der Waals surface area contributed by atoms with Crippen LogP contribution in [0.3, 0.4) is 0 Å². The van der Waals surface area contributed by atoms with Gasteiger partial charge in [0, 0.05) is 25.1 Å². The number of aryl methyl sites for hydroxylation is 1. The monoisotopic (exact) mass is 305 g/mol. The molecule has 1 heterocycles. The van der Waals surface area contributed by atoms with Crippen molar-refractivity contribution < 1.29 is 9.53 Å². The van der Waals surface area contributed by atoms with Gasteiger partial charge >= 0.3 is 0 Å². The third kappa shape index (κ3) is 3.26. The van der Waals surface area contributed by atoms with Crippen molar-refractivity contribution in [1.82, 2.24) is 14.9 Å². The SMILES string of the molecule is COc1ccc2c(c1)[nH]c(=S)n2CCCC(=O)NC1CC1. The molecule has 1 aromatic carbocycles. The first-order valence-corrected chi connectivity index (χ1v) is 7.64. The van der Waals surface area contributed by atoms with E-state index < -0.39 is 0 Å². The second kappa shape index (κ2) is 5.89. The van der Waals surface area contributed by atoms with E-state index in [0.717, 1.165) is 42.6 Å². The lowest BCUT2D eigenvalue weighted by atomic mass is 10.2. The fourth-order valence-corrected chi connectivity index (χ4v) is 2.72. The molecule has 2 aromatic rings. The van der Waals surface area contributed by atoms with Gasteiger partial charge in [0.25, 0.3) is 0 Å². The van der Waals surface area contributed by atoms with Crippen LogP contribution in [0.1, 0.15) is 25.7 Å². The van der Waals surface area contributed by atoms with E-state index in [1.165, 1.54) is 0 Å². The number of carbonyl (C=O) groups excluding carboxylic acids is 1. The Morgan fingerprint density at radius 2 is 2.33 bits per heavy atom. The fraction of sp³-hybridized carbons (Fsp3) is 0.467. The lowest BCUT2D eigenvalue weighted by Crippen LogP contribution is -2.25. The summed E-state index contributed by atoms with van der Waals surface area (Å²) in [7, 11) is 1.64. The maximum absolute atomic E-state index is 11.7. The average Bonchev–Trinajstić information content (AvgIpc) is 3.22. The molecule has 0 aliphatic heterocycles. The number of nitrogens with one attached hydrogen (secondary N) is 2. The first-order chi connectivity index (χ1) is 10.2. The van der Waals surface area contributed by atoms with Crippen LogP contribution in [0.5, 0.6) is 5.75 Å². The molecule has 2 N–H and O–H groups in total.